The third-order valence-corrected chi connectivity index (χ3v) is 3.06. The van der Waals surface area contributed by atoms with Gasteiger partial charge in [0.15, 0.2) is 0 Å². The normalized spacial score (nSPS) is 12.1. The number of pyridine rings is 1. The van der Waals surface area contributed by atoms with Gasteiger partial charge in [-0.15, -0.1) is 0 Å². The highest BCUT2D eigenvalue weighted by atomic mass is 19.1. The van der Waals surface area contributed by atoms with Crippen LogP contribution in [0.2, 0.25) is 0 Å². The predicted molar refractivity (Wildman–Crippen MR) is 74.8 cm³/mol. The molecule has 19 heavy (non-hydrogen) atoms. The molecule has 4 nitrogen and oxygen atoms in total. The summed E-state index contributed by atoms with van der Waals surface area (Å²) in [5, 5.41) is 2.98. The number of amides is 1. The SMILES string of the molecule is CCNc1ncc(F)cc1C(=O)N(C)CC(C)CC. The molecule has 0 spiro atoms. The lowest BCUT2D eigenvalue weighted by atomic mass is 10.1. The Morgan fingerprint density at radius 1 is 1.53 bits per heavy atom. The van der Waals surface area contributed by atoms with Crippen molar-refractivity contribution < 1.29 is 9.18 Å². The summed E-state index contributed by atoms with van der Waals surface area (Å²) in [4.78, 5) is 17.9. The highest BCUT2D eigenvalue weighted by molar-refractivity contribution is 5.98. The Morgan fingerprint density at radius 3 is 2.79 bits per heavy atom. The third-order valence-electron chi connectivity index (χ3n) is 3.06. The maximum atomic E-state index is 13.3. The van der Waals surface area contributed by atoms with Crippen molar-refractivity contribution in [2.24, 2.45) is 5.92 Å². The zero-order valence-corrected chi connectivity index (χ0v) is 12.0. The molecule has 0 aliphatic heterocycles. The average Bonchev–Trinajstić information content (AvgIpc) is 2.39. The Labute approximate surface area is 114 Å². The molecule has 0 aliphatic rings. The molecule has 106 valence electrons. The number of anilines is 1. The van der Waals surface area contributed by atoms with Crippen LogP contribution in [0.5, 0.6) is 0 Å². The molecule has 1 aromatic heterocycles. The van der Waals surface area contributed by atoms with Gasteiger partial charge in [0.2, 0.25) is 0 Å². The molecule has 0 aliphatic carbocycles. The number of hydrogen-bond donors (Lipinski definition) is 1. The van der Waals surface area contributed by atoms with Crippen LogP contribution >= 0.6 is 0 Å². The van der Waals surface area contributed by atoms with Gasteiger partial charge in [-0.1, -0.05) is 20.3 Å². The Hall–Kier alpha value is -1.65. The minimum atomic E-state index is -0.498. The number of carbonyl (C=O) groups excluding carboxylic acids is 1. The van der Waals surface area contributed by atoms with Crippen molar-refractivity contribution in [3.05, 3.63) is 23.6 Å². The monoisotopic (exact) mass is 267 g/mol. The van der Waals surface area contributed by atoms with Crippen LogP contribution in [0.15, 0.2) is 12.3 Å². The molecule has 0 bridgehead atoms. The van der Waals surface area contributed by atoms with Gasteiger partial charge >= 0.3 is 0 Å². The maximum Gasteiger partial charge on any atom is 0.257 e. The van der Waals surface area contributed by atoms with Gasteiger partial charge in [-0.05, 0) is 18.9 Å². The number of aromatic nitrogens is 1. The lowest BCUT2D eigenvalue weighted by Crippen LogP contribution is -2.31. The number of halogens is 1. The van der Waals surface area contributed by atoms with E-state index in [4.69, 9.17) is 0 Å². The second kappa shape index (κ2) is 7.07. The standard InChI is InChI=1S/C14H22FN3O/c1-5-10(3)9-18(4)14(19)12-7-11(15)8-17-13(12)16-6-2/h7-8,10H,5-6,9H2,1-4H3,(H,16,17). The molecule has 0 fully saturated rings. The minimum Gasteiger partial charge on any atom is -0.370 e. The summed E-state index contributed by atoms with van der Waals surface area (Å²) in [7, 11) is 1.73. The highest BCUT2D eigenvalue weighted by Gasteiger charge is 2.18. The van der Waals surface area contributed by atoms with Crippen molar-refractivity contribution in [1.29, 1.82) is 0 Å². The molecule has 0 saturated carbocycles. The van der Waals surface area contributed by atoms with E-state index in [-0.39, 0.29) is 11.5 Å². The molecule has 1 rings (SSSR count). The fraction of sp³-hybridized carbons (Fsp3) is 0.571. The fourth-order valence-corrected chi connectivity index (χ4v) is 1.80. The highest BCUT2D eigenvalue weighted by Crippen LogP contribution is 2.16. The van der Waals surface area contributed by atoms with E-state index < -0.39 is 5.82 Å². The lowest BCUT2D eigenvalue weighted by molar-refractivity contribution is 0.0775. The summed E-state index contributed by atoms with van der Waals surface area (Å²) < 4.78 is 13.3. The number of hydrogen-bond acceptors (Lipinski definition) is 3. The van der Waals surface area contributed by atoms with Crippen LogP contribution in [-0.2, 0) is 0 Å². The van der Waals surface area contributed by atoms with Gasteiger partial charge in [0, 0.05) is 20.1 Å². The molecule has 0 radical (unpaired) electrons. The minimum absolute atomic E-state index is 0.205. The molecular formula is C14H22FN3O. The van der Waals surface area contributed by atoms with E-state index in [2.05, 4.69) is 24.1 Å². The van der Waals surface area contributed by atoms with Gasteiger partial charge in [0.25, 0.3) is 5.91 Å². The van der Waals surface area contributed by atoms with Crippen LogP contribution in [-0.4, -0.2) is 35.9 Å². The van der Waals surface area contributed by atoms with Gasteiger partial charge < -0.3 is 10.2 Å². The number of carbonyl (C=O) groups is 1. The van der Waals surface area contributed by atoms with Crippen LogP contribution < -0.4 is 5.32 Å². The summed E-state index contributed by atoms with van der Waals surface area (Å²) in [5.74, 6) is 0.146. The third kappa shape index (κ3) is 4.19. The van der Waals surface area contributed by atoms with Crippen molar-refractivity contribution in [3.8, 4) is 0 Å². The molecule has 1 amide bonds. The van der Waals surface area contributed by atoms with Crippen LogP contribution in [0, 0.1) is 11.7 Å². The van der Waals surface area contributed by atoms with Crippen LogP contribution in [0.3, 0.4) is 0 Å². The molecule has 0 saturated heterocycles. The van der Waals surface area contributed by atoms with Gasteiger partial charge in [-0.25, -0.2) is 9.37 Å². The average molecular weight is 267 g/mol. The molecule has 1 aromatic rings. The molecule has 5 heteroatoms. The van der Waals surface area contributed by atoms with Crippen LogP contribution in [0.1, 0.15) is 37.6 Å². The Morgan fingerprint density at radius 2 is 2.21 bits per heavy atom. The van der Waals surface area contributed by atoms with Crippen LogP contribution in [0.4, 0.5) is 10.2 Å². The second-order valence-electron chi connectivity index (χ2n) is 4.78. The zero-order valence-electron chi connectivity index (χ0n) is 12.0. The van der Waals surface area contributed by atoms with Crippen molar-refractivity contribution in [2.75, 3.05) is 25.5 Å². The fourth-order valence-electron chi connectivity index (χ4n) is 1.80. The van der Waals surface area contributed by atoms with Crippen molar-refractivity contribution in [1.82, 2.24) is 9.88 Å². The van der Waals surface area contributed by atoms with Crippen molar-refractivity contribution in [2.45, 2.75) is 27.2 Å². The number of rotatable bonds is 6. The van der Waals surface area contributed by atoms with Gasteiger partial charge in [-0.2, -0.15) is 0 Å². The lowest BCUT2D eigenvalue weighted by Gasteiger charge is -2.22. The molecular weight excluding hydrogens is 245 g/mol. The molecule has 1 N–H and O–H groups in total. The van der Waals surface area contributed by atoms with Gasteiger partial charge in [0.1, 0.15) is 11.6 Å². The first kappa shape index (κ1) is 15.4. The first-order chi connectivity index (χ1) is 8.99. The van der Waals surface area contributed by atoms with E-state index in [1.54, 1.807) is 11.9 Å². The van der Waals surface area contributed by atoms with Crippen molar-refractivity contribution >= 4 is 11.7 Å². The summed E-state index contributed by atoms with van der Waals surface area (Å²) >= 11 is 0. The Balaban J connectivity index is 2.94. The largest absolute Gasteiger partial charge is 0.370 e. The second-order valence-corrected chi connectivity index (χ2v) is 4.78. The summed E-state index contributed by atoms with van der Waals surface area (Å²) in [6, 6.07) is 1.24. The number of nitrogens with one attached hydrogen (secondary N) is 1. The molecule has 0 aromatic carbocycles. The first-order valence-corrected chi connectivity index (χ1v) is 6.64. The van der Waals surface area contributed by atoms with E-state index in [0.717, 1.165) is 12.6 Å². The zero-order chi connectivity index (χ0) is 14.4. The van der Waals surface area contributed by atoms with E-state index >= 15 is 0 Å². The molecule has 1 heterocycles. The van der Waals surface area contributed by atoms with Gasteiger partial charge in [0.05, 0.1) is 11.8 Å². The van der Waals surface area contributed by atoms with E-state index in [9.17, 15) is 9.18 Å². The first-order valence-electron chi connectivity index (χ1n) is 6.64. The number of nitrogens with zero attached hydrogens (tertiary/aromatic N) is 2. The summed E-state index contributed by atoms with van der Waals surface area (Å²) in [5.41, 5.74) is 0.285. The van der Waals surface area contributed by atoms with Crippen molar-refractivity contribution in [3.63, 3.8) is 0 Å². The smallest absolute Gasteiger partial charge is 0.257 e. The predicted octanol–water partition coefficient (Wildman–Crippen LogP) is 2.77. The summed E-state index contributed by atoms with van der Waals surface area (Å²) in [6.07, 6.45) is 2.11. The Kier molecular flexibility index (Phi) is 5.73. The molecule has 1 unspecified atom stereocenters. The van der Waals surface area contributed by atoms with Gasteiger partial charge in [-0.3, -0.25) is 4.79 Å². The molecule has 1 atom stereocenters. The summed E-state index contributed by atoms with van der Waals surface area (Å²) in [6.45, 7) is 7.35. The van der Waals surface area contributed by atoms with E-state index in [1.807, 2.05) is 6.92 Å². The van der Waals surface area contributed by atoms with E-state index in [1.165, 1.54) is 6.07 Å². The topological polar surface area (TPSA) is 45.2 Å². The van der Waals surface area contributed by atoms with E-state index in [0.29, 0.717) is 24.8 Å². The quantitative estimate of drug-likeness (QED) is 0.862. The maximum absolute atomic E-state index is 13.3. The Bertz CT molecular complexity index is 437. The van der Waals surface area contributed by atoms with Crippen LogP contribution in [0.25, 0.3) is 0 Å².